The van der Waals surface area contributed by atoms with Crippen molar-refractivity contribution in [2.45, 2.75) is 0 Å². The minimum atomic E-state index is -0.465. The highest BCUT2D eigenvalue weighted by atomic mass is 16.6. The first-order chi connectivity index (χ1) is 17.6. The minimum Gasteiger partial charge on any atom is -0.379 e. The Morgan fingerprint density at radius 1 is 1.00 bits per heavy atom. The molecule has 0 unspecified atom stereocenters. The molecule has 5 aromatic rings. The number of non-ortho nitro benzene ring substituents is 1. The first-order valence-corrected chi connectivity index (χ1v) is 11.7. The van der Waals surface area contributed by atoms with E-state index in [4.69, 9.17) is 14.8 Å². The number of ether oxygens (including phenoxy) is 1. The maximum Gasteiger partial charge on any atom is 0.269 e. The van der Waals surface area contributed by atoms with Crippen LogP contribution in [0.2, 0.25) is 0 Å². The highest BCUT2D eigenvalue weighted by Crippen LogP contribution is 2.26. The van der Waals surface area contributed by atoms with E-state index in [9.17, 15) is 14.9 Å². The van der Waals surface area contributed by atoms with Gasteiger partial charge in [-0.3, -0.25) is 24.4 Å². The number of pyridine rings is 1. The second-order valence-electron chi connectivity index (χ2n) is 8.61. The van der Waals surface area contributed by atoms with Gasteiger partial charge in [-0.1, -0.05) is 18.2 Å². The summed E-state index contributed by atoms with van der Waals surface area (Å²) in [5, 5.41) is 20.5. The van der Waals surface area contributed by atoms with Crippen molar-refractivity contribution in [3.63, 3.8) is 0 Å². The number of fused-ring (bicyclic) bond motifs is 5. The number of anilines is 1. The van der Waals surface area contributed by atoms with Crippen LogP contribution in [0, 0.1) is 10.1 Å². The molecule has 1 aliphatic rings. The summed E-state index contributed by atoms with van der Waals surface area (Å²) in [6.07, 6.45) is 0. The Balaban J connectivity index is 1.48. The topological polar surface area (TPSA) is 120 Å². The van der Waals surface area contributed by atoms with Crippen molar-refractivity contribution >= 4 is 39.1 Å². The number of nitro benzene ring substituents is 1. The van der Waals surface area contributed by atoms with Crippen LogP contribution in [0.15, 0.2) is 65.5 Å². The molecular formula is C25H23N7O4. The van der Waals surface area contributed by atoms with Crippen molar-refractivity contribution in [2.24, 2.45) is 0 Å². The molecule has 0 atom stereocenters. The number of nitrogens with one attached hydrogen (secondary N) is 1. The fourth-order valence-corrected chi connectivity index (χ4v) is 4.62. The number of imidazole rings is 1. The summed E-state index contributed by atoms with van der Waals surface area (Å²) in [6, 6.07) is 16.9. The van der Waals surface area contributed by atoms with Crippen LogP contribution in [0.4, 0.5) is 11.5 Å². The number of hydrogen-bond donors (Lipinski definition) is 1. The zero-order valence-electron chi connectivity index (χ0n) is 19.3. The Morgan fingerprint density at radius 2 is 1.75 bits per heavy atom. The normalized spacial score (nSPS) is 14.6. The van der Waals surface area contributed by atoms with Crippen molar-refractivity contribution in [1.82, 2.24) is 24.1 Å². The van der Waals surface area contributed by atoms with Crippen LogP contribution >= 0.6 is 0 Å². The van der Waals surface area contributed by atoms with E-state index in [1.54, 1.807) is 28.8 Å². The average Bonchev–Trinajstić information content (AvgIpc) is 3.29. The molecule has 0 bridgehead atoms. The maximum absolute atomic E-state index is 13.7. The minimum absolute atomic E-state index is 0.0492. The molecule has 6 rings (SSSR count). The second kappa shape index (κ2) is 9.02. The molecule has 0 spiro atoms. The smallest absolute Gasteiger partial charge is 0.269 e. The molecule has 11 heteroatoms. The van der Waals surface area contributed by atoms with E-state index < -0.39 is 4.92 Å². The van der Waals surface area contributed by atoms with Crippen molar-refractivity contribution in [3.8, 4) is 5.69 Å². The first-order valence-electron chi connectivity index (χ1n) is 11.7. The van der Waals surface area contributed by atoms with Crippen LogP contribution in [-0.2, 0) is 4.74 Å². The van der Waals surface area contributed by atoms with Gasteiger partial charge in [-0.25, -0.2) is 4.98 Å². The third kappa shape index (κ3) is 3.84. The number of hydrogen-bond acceptors (Lipinski definition) is 8. The van der Waals surface area contributed by atoms with E-state index in [1.807, 2.05) is 24.3 Å². The summed E-state index contributed by atoms with van der Waals surface area (Å²) < 4.78 is 8.58. The Hall–Kier alpha value is -4.35. The van der Waals surface area contributed by atoms with E-state index in [2.05, 4.69) is 10.2 Å². The standard InChI is InChI=1S/C25H23N7O4/c33-25-20-4-2-1-3-19(20)23-24(30(25)17-5-7-18(8-6-17)32(34)35)31-22(27-23)10-9-21(28-31)26-11-12-29-13-15-36-16-14-29/h1-10H,11-16H2,(H,26,28). The molecule has 1 saturated heterocycles. The quantitative estimate of drug-likeness (QED) is 0.288. The predicted octanol–water partition coefficient (Wildman–Crippen LogP) is 2.84. The van der Waals surface area contributed by atoms with Gasteiger partial charge in [0.25, 0.3) is 11.2 Å². The molecule has 0 radical (unpaired) electrons. The Labute approximate surface area is 204 Å². The average molecular weight is 486 g/mol. The second-order valence-corrected chi connectivity index (χ2v) is 8.61. The van der Waals surface area contributed by atoms with Crippen molar-refractivity contribution < 1.29 is 9.66 Å². The molecule has 4 heterocycles. The molecule has 2 aromatic carbocycles. The summed E-state index contributed by atoms with van der Waals surface area (Å²) in [4.78, 5) is 31.5. The molecule has 1 aliphatic heterocycles. The molecular weight excluding hydrogens is 462 g/mol. The van der Waals surface area contributed by atoms with E-state index in [-0.39, 0.29) is 11.2 Å². The van der Waals surface area contributed by atoms with E-state index in [0.29, 0.717) is 40.2 Å². The van der Waals surface area contributed by atoms with Crippen molar-refractivity contribution in [1.29, 1.82) is 0 Å². The monoisotopic (exact) mass is 485 g/mol. The summed E-state index contributed by atoms with van der Waals surface area (Å²) in [5.74, 6) is 0.658. The molecule has 1 fully saturated rings. The lowest BCUT2D eigenvalue weighted by atomic mass is 10.1. The molecule has 0 amide bonds. The van der Waals surface area contributed by atoms with Gasteiger partial charge >= 0.3 is 0 Å². The number of benzene rings is 2. The van der Waals surface area contributed by atoms with Gasteiger partial charge in [-0.2, -0.15) is 4.52 Å². The third-order valence-corrected chi connectivity index (χ3v) is 6.44. The molecule has 11 nitrogen and oxygen atoms in total. The largest absolute Gasteiger partial charge is 0.379 e. The zero-order chi connectivity index (χ0) is 24.6. The lowest BCUT2D eigenvalue weighted by Gasteiger charge is -2.26. The molecule has 182 valence electrons. The van der Waals surface area contributed by atoms with Crippen molar-refractivity contribution in [3.05, 3.63) is 81.1 Å². The summed E-state index contributed by atoms with van der Waals surface area (Å²) in [6.45, 7) is 4.90. The van der Waals surface area contributed by atoms with Gasteiger partial charge in [0.2, 0.25) is 0 Å². The highest BCUT2D eigenvalue weighted by Gasteiger charge is 2.19. The molecule has 1 N–H and O–H groups in total. The van der Waals surface area contributed by atoms with Crippen LogP contribution < -0.4 is 10.9 Å². The molecule has 36 heavy (non-hydrogen) atoms. The number of rotatable bonds is 6. The first kappa shape index (κ1) is 22.1. The highest BCUT2D eigenvalue weighted by molar-refractivity contribution is 6.04. The van der Waals surface area contributed by atoms with Crippen molar-refractivity contribution in [2.75, 3.05) is 44.7 Å². The van der Waals surface area contributed by atoms with Gasteiger partial charge in [-0.15, -0.1) is 5.10 Å². The van der Waals surface area contributed by atoms with Crippen LogP contribution in [0.25, 0.3) is 33.3 Å². The Kier molecular flexibility index (Phi) is 5.55. The number of morpholine rings is 1. The fraction of sp³-hybridized carbons (Fsp3) is 0.240. The molecule has 0 aliphatic carbocycles. The lowest BCUT2D eigenvalue weighted by Crippen LogP contribution is -2.39. The Bertz CT molecular complexity index is 1650. The van der Waals surface area contributed by atoms with Crippen LogP contribution in [0.1, 0.15) is 0 Å². The number of aromatic nitrogens is 4. The van der Waals surface area contributed by atoms with Gasteiger partial charge in [-0.05, 0) is 30.3 Å². The van der Waals surface area contributed by atoms with Crippen LogP contribution in [0.5, 0.6) is 0 Å². The fourth-order valence-electron chi connectivity index (χ4n) is 4.62. The Morgan fingerprint density at radius 3 is 2.50 bits per heavy atom. The zero-order valence-corrected chi connectivity index (χ0v) is 19.3. The SMILES string of the molecule is O=c1c2ccccc2c2nc3ccc(NCCN4CCOCC4)nn3c2n1-c1ccc([N+](=O)[O-])cc1. The van der Waals surface area contributed by atoms with Gasteiger partial charge in [0.1, 0.15) is 11.3 Å². The van der Waals surface area contributed by atoms with E-state index in [0.717, 1.165) is 38.2 Å². The molecule has 0 saturated carbocycles. The van der Waals surface area contributed by atoms with Crippen LogP contribution in [-0.4, -0.2) is 68.4 Å². The van der Waals surface area contributed by atoms with Crippen LogP contribution in [0.3, 0.4) is 0 Å². The van der Waals surface area contributed by atoms with Gasteiger partial charge in [0.15, 0.2) is 11.3 Å². The van der Waals surface area contributed by atoms with Gasteiger partial charge in [0, 0.05) is 49.1 Å². The van der Waals surface area contributed by atoms with Gasteiger partial charge in [0.05, 0.1) is 23.8 Å². The molecule has 3 aromatic heterocycles. The predicted molar refractivity (Wildman–Crippen MR) is 136 cm³/mol. The summed E-state index contributed by atoms with van der Waals surface area (Å²) >= 11 is 0. The maximum atomic E-state index is 13.7. The third-order valence-electron chi connectivity index (χ3n) is 6.44. The lowest BCUT2D eigenvalue weighted by molar-refractivity contribution is -0.384. The van der Waals surface area contributed by atoms with Gasteiger partial charge < -0.3 is 10.1 Å². The summed E-state index contributed by atoms with van der Waals surface area (Å²) in [5.41, 5.74) is 1.92. The number of nitrogens with zero attached hydrogens (tertiary/aromatic N) is 6. The van der Waals surface area contributed by atoms with E-state index in [1.165, 1.54) is 16.7 Å². The number of nitro groups is 1. The van der Waals surface area contributed by atoms with E-state index >= 15 is 0 Å². The summed E-state index contributed by atoms with van der Waals surface area (Å²) in [7, 11) is 0.